The first kappa shape index (κ1) is 69.9. The second-order valence-corrected chi connectivity index (χ2v) is 15.0. The van der Waals surface area contributed by atoms with E-state index in [0.717, 1.165) is 69.0 Å². The van der Waals surface area contributed by atoms with Crippen molar-refractivity contribution in [2.45, 2.75) is 51.9 Å². The molecule has 0 aliphatic rings. The van der Waals surface area contributed by atoms with E-state index in [4.69, 9.17) is 47.5 Å². The molecule has 380 valence electrons. The van der Waals surface area contributed by atoms with Gasteiger partial charge in [-0.3, -0.25) is 19.9 Å². The Balaban J connectivity index is -0.000000393. The summed E-state index contributed by atoms with van der Waals surface area (Å²) in [4.78, 5) is 39.2. The van der Waals surface area contributed by atoms with E-state index in [2.05, 4.69) is 79.1 Å². The van der Waals surface area contributed by atoms with E-state index in [0.29, 0.717) is 13.1 Å². The minimum Gasteiger partial charge on any atom is -0.548 e. The Kier molecular flexibility index (Phi) is 34.7. The summed E-state index contributed by atoms with van der Waals surface area (Å²) in [6, 6.07) is 31.7. The summed E-state index contributed by atoms with van der Waals surface area (Å²) in [6.07, 6.45) is 7.21. The molecule has 68 heavy (non-hydrogen) atoms. The summed E-state index contributed by atoms with van der Waals surface area (Å²) in [5.74, 6) is -2.31. The van der Waals surface area contributed by atoms with E-state index in [1.165, 1.54) is 0 Å². The van der Waals surface area contributed by atoms with Gasteiger partial charge in [-0.15, -0.1) is 20.5 Å². The van der Waals surface area contributed by atoms with Crippen molar-refractivity contribution in [1.82, 2.24) is 30.6 Å². The van der Waals surface area contributed by atoms with Gasteiger partial charge in [0.2, 0.25) is 0 Å². The molecular weight excluding hydrogens is 1040 g/mol. The molecule has 2 radical (unpaired) electrons. The van der Waals surface area contributed by atoms with Crippen LogP contribution in [-0.2, 0) is 56.8 Å². The van der Waals surface area contributed by atoms with Gasteiger partial charge in [-0.1, -0.05) is 72.8 Å². The number of carboxylic acid groups (broad SMARTS) is 2. The van der Waals surface area contributed by atoms with Crippen LogP contribution in [0.2, 0.25) is 0 Å². The molecule has 7 rings (SSSR count). The van der Waals surface area contributed by atoms with Crippen LogP contribution in [0.1, 0.15) is 38.8 Å². The number of nitrogens with one attached hydrogen (secondary N) is 2. The van der Waals surface area contributed by atoms with E-state index in [9.17, 15) is 19.8 Å². The van der Waals surface area contributed by atoms with Crippen LogP contribution >= 0.6 is 0 Å². The van der Waals surface area contributed by atoms with Gasteiger partial charge in [-0.2, -0.15) is 0 Å². The number of carbonyl (C=O) groups excluding carboxylic acids is 2. The third kappa shape index (κ3) is 26.7. The van der Waals surface area contributed by atoms with Gasteiger partial charge in [-0.05, 0) is 63.1 Å². The molecule has 0 atom stereocenters. The Bertz CT molecular complexity index is 2210. The largest absolute Gasteiger partial charge is 2.00 e. The fourth-order valence-corrected chi connectivity index (χ4v) is 4.92. The Morgan fingerprint density at radius 3 is 0.824 bits per heavy atom. The van der Waals surface area contributed by atoms with Crippen LogP contribution < -0.4 is 58.1 Å². The normalized spacial score (nSPS) is 10.4. The maximum absolute atomic E-state index is 10.9. The van der Waals surface area contributed by atoms with Crippen LogP contribution in [0, 0.1) is 20.5 Å². The smallest absolute Gasteiger partial charge is 0.548 e. The fraction of sp³-hybridized carbons (Fsp3) is 0.238. The van der Waals surface area contributed by atoms with Crippen molar-refractivity contribution in [1.29, 1.82) is 0 Å². The van der Waals surface area contributed by atoms with Crippen molar-refractivity contribution in [2.75, 3.05) is 14.2 Å². The minimum atomic E-state index is -4.94. The fourth-order valence-electron chi connectivity index (χ4n) is 4.92. The average molecular weight is 1090 g/mol. The number of aliphatic hydroxyl groups is 2. The number of benzene rings is 3. The number of nitrogens with zero attached hydrogens (tertiary/aromatic N) is 4. The molecule has 0 unspecified atom stereocenters. The minimum absolute atomic E-state index is 0. The van der Waals surface area contributed by atoms with Crippen LogP contribution in [-0.4, -0.2) is 78.3 Å². The molecule has 7 aromatic rings. The zero-order valence-corrected chi connectivity index (χ0v) is 40.3. The molecule has 4 heterocycles. The topological polar surface area (TPSA) is 444 Å². The molecule has 0 saturated heterocycles. The van der Waals surface area contributed by atoms with Crippen LogP contribution in [0.5, 0.6) is 0 Å². The molecule has 0 bridgehead atoms. The number of halogens is 2. The SMILES string of the molecule is CC(C)(NCc1ccc(CNC(C)(C)C(=O)[O-])cc1)C(=O)[O-].CO.CO.O.O.[Cu+2].[Cu+2].[O-][Cl+3]([O-])([O-])[O-].[O-][Cl+3]([O-])([O-])[O-].c1cnc2c(c1)ccc1cccnc12.c1cnc2c(c1)ccc1cccnc12. The number of fused-ring (bicyclic) bond motifs is 6. The maximum Gasteiger partial charge on any atom is 2.00 e. The Hall–Kier alpha value is -4.70. The summed E-state index contributed by atoms with van der Waals surface area (Å²) >= 11 is 0. The third-order valence-corrected chi connectivity index (χ3v) is 8.20. The zero-order valence-electron chi connectivity index (χ0n) is 36.9. The van der Waals surface area contributed by atoms with Crippen molar-refractivity contribution in [3.63, 3.8) is 0 Å². The Morgan fingerprint density at radius 2 is 0.647 bits per heavy atom. The molecule has 0 amide bonds. The number of hydrogen-bond acceptors (Lipinski definition) is 20. The number of hydrogen-bond donors (Lipinski definition) is 4. The standard InChI is InChI=1S/C16H24N2O4.2C12H8N2.2CH4O.2ClHO4.2Cu.2H2O/c1-15(2,13(19)20)17-9-11-5-7-12(8-6-11)10-18-16(3,4)14(21)22;2*1-3-9-5-6-10-4-2-8-14-12(10)11(9)13-7-1;2*1-2;2*2-1(3,4)5;;;;/h5-8,17-18H,9-10H2,1-4H3,(H,19,20)(H,21,22);2*1-8H;2*2H,1H3;2*(H,2,3,4,5);;;2*1H2/q;;;;;;;2*+2;;/p-4. The van der Waals surface area contributed by atoms with E-state index in [1.54, 1.807) is 52.5 Å². The summed E-state index contributed by atoms with van der Waals surface area (Å²) < 4.78 is 67.9. The first-order valence-electron chi connectivity index (χ1n) is 18.3. The van der Waals surface area contributed by atoms with Crippen LogP contribution in [0.3, 0.4) is 0 Å². The van der Waals surface area contributed by atoms with Gasteiger partial charge in [0.15, 0.2) is 0 Å². The first-order valence-corrected chi connectivity index (χ1v) is 20.7. The van der Waals surface area contributed by atoms with Gasteiger partial charge in [0.05, 0.1) is 45.1 Å². The van der Waals surface area contributed by atoms with Crippen LogP contribution in [0.15, 0.2) is 122 Å². The molecule has 26 heteroatoms. The average Bonchev–Trinajstić information content (AvgIpc) is 3.26. The third-order valence-electron chi connectivity index (χ3n) is 8.20. The molecule has 0 aliphatic carbocycles. The quantitative estimate of drug-likeness (QED) is 0.0811. The predicted molar refractivity (Wildman–Crippen MR) is 216 cm³/mol. The number of pyridine rings is 4. The second-order valence-electron chi connectivity index (χ2n) is 13.5. The zero-order chi connectivity index (χ0) is 48.7. The van der Waals surface area contributed by atoms with Gasteiger partial charge >= 0.3 is 34.1 Å². The van der Waals surface area contributed by atoms with Crippen molar-refractivity contribution in [3.8, 4) is 0 Å². The number of aromatic nitrogens is 4. The van der Waals surface area contributed by atoms with Gasteiger partial charge in [-0.25, -0.2) is 37.3 Å². The van der Waals surface area contributed by atoms with E-state index < -0.39 is 43.5 Å². The van der Waals surface area contributed by atoms with Crippen molar-refractivity contribution < 1.29 is 133 Å². The molecule has 0 spiro atoms. The van der Waals surface area contributed by atoms with E-state index in [-0.39, 0.29) is 45.1 Å². The van der Waals surface area contributed by atoms with Crippen LogP contribution in [0.25, 0.3) is 43.6 Å². The molecule has 4 aromatic heterocycles. The maximum atomic E-state index is 10.9. The van der Waals surface area contributed by atoms with Crippen molar-refractivity contribution >= 4 is 55.6 Å². The molecule has 0 saturated carbocycles. The predicted octanol–water partition coefficient (Wildman–Crippen LogP) is -7.46. The van der Waals surface area contributed by atoms with Gasteiger partial charge in [0.25, 0.3) is 0 Å². The van der Waals surface area contributed by atoms with Crippen LogP contribution in [0.4, 0.5) is 0 Å². The molecule has 8 N–H and O–H groups in total. The molecule has 22 nitrogen and oxygen atoms in total. The van der Waals surface area contributed by atoms with Gasteiger partial charge in [0.1, 0.15) is 0 Å². The molecular formula is C42H50Cl2Cu2N6O16. The number of carboxylic acids is 2. The number of aliphatic hydroxyl groups excluding tert-OH is 2. The van der Waals surface area contributed by atoms with Crippen molar-refractivity contribution in [3.05, 3.63) is 133 Å². The first-order chi connectivity index (χ1) is 29.9. The van der Waals surface area contributed by atoms with Gasteiger partial charge in [0, 0.05) is 73.6 Å². The number of rotatable bonds is 8. The monoisotopic (exact) mass is 1090 g/mol. The van der Waals surface area contributed by atoms with E-state index >= 15 is 0 Å². The summed E-state index contributed by atoms with van der Waals surface area (Å²) in [5.41, 5.74) is 3.57. The van der Waals surface area contributed by atoms with Gasteiger partial charge < -0.3 is 51.6 Å². The molecule has 0 aliphatic heterocycles. The Morgan fingerprint density at radius 1 is 0.456 bits per heavy atom. The van der Waals surface area contributed by atoms with E-state index in [1.807, 2.05) is 48.5 Å². The second kappa shape index (κ2) is 33.7. The summed E-state index contributed by atoms with van der Waals surface area (Å²) in [7, 11) is -7.89. The van der Waals surface area contributed by atoms with Crippen molar-refractivity contribution in [2.24, 2.45) is 0 Å². The summed E-state index contributed by atoms with van der Waals surface area (Å²) in [6.45, 7) is 6.98. The summed E-state index contributed by atoms with van der Waals surface area (Å²) in [5, 5.41) is 46.1. The Labute approximate surface area is 416 Å². The number of carbonyl (C=O) groups is 2. The molecule has 0 fully saturated rings. The molecule has 3 aromatic carbocycles. The number of aliphatic carboxylic acids is 2.